The molecule has 0 bridgehead atoms. The van der Waals surface area contributed by atoms with Gasteiger partial charge < -0.3 is 19.7 Å². The molecule has 0 spiro atoms. The van der Waals surface area contributed by atoms with Gasteiger partial charge in [-0.2, -0.15) is 0 Å². The van der Waals surface area contributed by atoms with Crippen molar-refractivity contribution >= 4 is 23.9 Å². The van der Waals surface area contributed by atoms with Crippen LogP contribution < -0.4 is 10.6 Å². The molecule has 1 aromatic heterocycles. The second-order valence-corrected chi connectivity index (χ2v) is 8.90. The van der Waals surface area contributed by atoms with Gasteiger partial charge in [0.1, 0.15) is 6.61 Å². The van der Waals surface area contributed by atoms with E-state index in [1.165, 1.54) is 6.07 Å². The van der Waals surface area contributed by atoms with Crippen molar-refractivity contribution in [3.05, 3.63) is 71.4 Å². The monoisotopic (exact) mass is 477 g/mol. The molecule has 2 amide bonds. The van der Waals surface area contributed by atoms with Crippen molar-refractivity contribution in [3.63, 3.8) is 0 Å². The number of amides is 2. The molecule has 0 saturated carbocycles. The quantitative estimate of drug-likeness (QED) is 0.435. The van der Waals surface area contributed by atoms with Crippen molar-refractivity contribution < 1.29 is 28.8 Å². The van der Waals surface area contributed by atoms with Crippen molar-refractivity contribution in [3.8, 4) is 11.1 Å². The van der Waals surface area contributed by atoms with Gasteiger partial charge in [-0.15, -0.1) is 0 Å². The fraction of sp³-hybridized carbons (Fsp3) is 0.308. The van der Waals surface area contributed by atoms with Crippen LogP contribution in [0.15, 0.2) is 59.1 Å². The molecule has 4 rings (SSSR count). The van der Waals surface area contributed by atoms with Gasteiger partial charge in [0, 0.05) is 18.0 Å². The van der Waals surface area contributed by atoms with Gasteiger partial charge in [-0.05, 0) is 35.1 Å². The van der Waals surface area contributed by atoms with Crippen molar-refractivity contribution in [2.45, 2.75) is 32.7 Å². The van der Waals surface area contributed by atoms with Crippen LogP contribution in [0.2, 0.25) is 0 Å². The fourth-order valence-corrected chi connectivity index (χ4v) is 4.62. The van der Waals surface area contributed by atoms with E-state index in [0.717, 1.165) is 22.3 Å². The highest BCUT2D eigenvalue weighted by atomic mass is 16.6. The number of hydrogen-bond donors (Lipinski definition) is 3. The second kappa shape index (κ2) is 10.0. The Hall–Kier alpha value is -4.14. The predicted molar refractivity (Wildman–Crippen MR) is 128 cm³/mol. The number of carbonyl (C=O) groups is 3. The summed E-state index contributed by atoms with van der Waals surface area (Å²) in [6.45, 7) is 5.29. The maximum atomic E-state index is 12.5. The van der Waals surface area contributed by atoms with Gasteiger partial charge in [0.15, 0.2) is 5.69 Å². The smallest absolute Gasteiger partial charge is 0.414 e. The Morgan fingerprint density at radius 3 is 2.20 bits per heavy atom. The molecule has 2 unspecified atom stereocenters. The third kappa shape index (κ3) is 5.03. The van der Waals surface area contributed by atoms with E-state index < -0.39 is 29.9 Å². The number of hydrogen-bond acceptors (Lipinski definition) is 6. The Bertz CT molecular complexity index is 1210. The molecule has 0 radical (unpaired) electrons. The number of anilines is 1. The first-order valence-corrected chi connectivity index (χ1v) is 11.4. The van der Waals surface area contributed by atoms with Crippen molar-refractivity contribution in [2.75, 3.05) is 11.9 Å². The Morgan fingerprint density at radius 2 is 1.63 bits per heavy atom. The number of carboxylic acids is 1. The third-order valence-corrected chi connectivity index (χ3v) is 6.21. The lowest BCUT2D eigenvalue weighted by Gasteiger charge is -2.23. The Labute approximate surface area is 202 Å². The summed E-state index contributed by atoms with van der Waals surface area (Å²) in [5.41, 5.74) is 4.35. The number of ether oxygens (including phenoxy) is 1. The van der Waals surface area contributed by atoms with Crippen molar-refractivity contribution in [1.82, 2.24) is 10.5 Å². The van der Waals surface area contributed by atoms with E-state index >= 15 is 0 Å². The Morgan fingerprint density at radius 1 is 1.03 bits per heavy atom. The molecule has 35 heavy (non-hydrogen) atoms. The number of carbonyl (C=O) groups excluding carboxylic acids is 2. The molecule has 182 valence electrons. The number of carboxylic acid groups (broad SMARTS) is 1. The lowest BCUT2D eigenvalue weighted by Crippen LogP contribution is -2.43. The van der Waals surface area contributed by atoms with Crippen LogP contribution in [0.5, 0.6) is 0 Å². The van der Waals surface area contributed by atoms with Gasteiger partial charge in [0.2, 0.25) is 5.88 Å². The minimum absolute atomic E-state index is 0.0568. The molecule has 1 aliphatic carbocycles. The van der Waals surface area contributed by atoms with Crippen LogP contribution in [0.25, 0.3) is 11.1 Å². The highest BCUT2D eigenvalue weighted by Crippen LogP contribution is 2.44. The average molecular weight is 478 g/mol. The first-order valence-electron chi connectivity index (χ1n) is 11.4. The average Bonchev–Trinajstić information content (AvgIpc) is 3.40. The minimum atomic E-state index is -0.995. The molecule has 0 saturated heterocycles. The summed E-state index contributed by atoms with van der Waals surface area (Å²) in [6.07, 6.45) is -0.742. The molecule has 1 aliphatic rings. The highest BCUT2D eigenvalue weighted by molar-refractivity contribution is 5.94. The fourth-order valence-electron chi connectivity index (χ4n) is 4.62. The van der Waals surface area contributed by atoms with Crippen LogP contribution in [0.4, 0.5) is 10.7 Å². The lowest BCUT2D eigenvalue weighted by molar-refractivity contribution is -0.144. The molecule has 1 heterocycles. The van der Waals surface area contributed by atoms with E-state index in [1.807, 2.05) is 36.4 Å². The van der Waals surface area contributed by atoms with Gasteiger partial charge in [0.25, 0.3) is 5.91 Å². The highest BCUT2D eigenvalue weighted by Gasteiger charge is 2.31. The Balaban J connectivity index is 1.35. The van der Waals surface area contributed by atoms with Gasteiger partial charge in [0.05, 0.1) is 5.92 Å². The molecule has 0 aliphatic heterocycles. The van der Waals surface area contributed by atoms with Gasteiger partial charge >= 0.3 is 12.1 Å². The van der Waals surface area contributed by atoms with E-state index in [4.69, 9.17) is 9.26 Å². The molecule has 9 heteroatoms. The zero-order valence-corrected chi connectivity index (χ0v) is 19.6. The summed E-state index contributed by atoms with van der Waals surface area (Å²) in [5, 5.41) is 18.1. The summed E-state index contributed by atoms with van der Waals surface area (Å²) >= 11 is 0. The minimum Gasteiger partial charge on any atom is -0.481 e. The van der Waals surface area contributed by atoms with E-state index in [0.29, 0.717) is 0 Å². The Kier molecular flexibility index (Phi) is 6.86. The molecular weight excluding hydrogens is 450 g/mol. The van der Waals surface area contributed by atoms with Gasteiger partial charge in [-0.1, -0.05) is 67.5 Å². The number of fused-ring (bicyclic) bond motifs is 3. The first-order chi connectivity index (χ1) is 16.8. The van der Waals surface area contributed by atoms with Crippen LogP contribution >= 0.6 is 0 Å². The van der Waals surface area contributed by atoms with Gasteiger partial charge in [-0.3, -0.25) is 14.9 Å². The largest absolute Gasteiger partial charge is 0.481 e. The molecular formula is C26H27N3O6. The van der Waals surface area contributed by atoms with Crippen LogP contribution in [0, 0.1) is 11.8 Å². The predicted octanol–water partition coefficient (Wildman–Crippen LogP) is 4.51. The zero-order chi connectivity index (χ0) is 25.1. The number of aliphatic carboxylic acids is 1. The molecule has 9 nitrogen and oxygen atoms in total. The summed E-state index contributed by atoms with van der Waals surface area (Å²) in [4.78, 5) is 36.3. The molecule has 3 aromatic rings. The summed E-state index contributed by atoms with van der Waals surface area (Å²) in [5.74, 6) is -2.68. The van der Waals surface area contributed by atoms with Crippen LogP contribution in [0.1, 0.15) is 48.3 Å². The summed E-state index contributed by atoms with van der Waals surface area (Å²) in [6, 6.07) is 16.7. The topological polar surface area (TPSA) is 131 Å². The third-order valence-electron chi connectivity index (χ3n) is 6.21. The van der Waals surface area contributed by atoms with E-state index in [1.54, 1.807) is 20.8 Å². The first kappa shape index (κ1) is 24.0. The van der Waals surface area contributed by atoms with E-state index in [9.17, 15) is 19.5 Å². The number of nitrogens with zero attached hydrogens (tertiary/aromatic N) is 1. The molecule has 3 N–H and O–H groups in total. The van der Waals surface area contributed by atoms with Gasteiger partial charge in [-0.25, -0.2) is 4.79 Å². The van der Waals surface area contributed by atoms with Crippen LogP contribution in [0.3, 0.4) is 0 Å². The normalized spacial score (nSPS) is 14.1. The standard InChI is InChI=1S/C26H27N3O6/c1-14(2)23(25(31)32)15(3)27-24(30)21-12-22(35-29-21)28-26(33)34-13-20-18-10-6-4-8-16(18)17-9-5-7-11-19(17)20/h4-12,14-15,20,23H,13H2,1-3H3,(H,27,30)(H,28,33)(H,31,32). The number of rotatable bonds is 8. The maximum Gasteiger partial charge on any atom is 0.414 e. The maximum absolute atomic E-state index is 12.5. The summed E-state index contributed by atoms with van der Waals surface area (Å²) in [7, 11) is 0. The second-order valence-electron chi connectivity index (χ2n) is 8.90. The SMILES string of the molecule is CC(C)C(C(=O)O)C(C)NC(=O)c1cc(NC(=O)OCC2c3ccccc3-c3ccccc32)on1. The summed E-state index contributed by atoms with van der Waals surface area (Å²) < 4.78 is 10.5. The number of nitrogens with one attached hydrogen (secondary N) is 2. The number of benzene rings is 2. The van der Waals surface area contributed by atoms with Crippen molar-refractivity contribution in [2.24, 2.45) is 11.8 Å². The lowest BCUT2D eigenvalue weighted by atomic mass is 9.89. The van der Waals surface area contributed by atoms with E-state index in [-0.39, 0.29) is 30.0 Å². The molecule has 2 atom stereocenters. The number of aromatic nitrogens is 1. The van der Waals surface area contributed by atoms with E-state index in [2.05, 4.69) is 27.9 Å². The van der Waals surface area contributed by atoms with Crippen LogP contribution in [-0.4, -0.2) is 40.9 Å². The van der Waals surface area contributed by atoms with Crippen LogP contribution in [-0.2, 0) is 9.53 Å². The zero-order valence-electron chi connectivity index (χ0n) is 19.6. The van der Waals surface area contributed by atoms with Crippen molar-refractivity contribution in [1.29, 1.82) is 0 Å². The molecule has 2 aromatic carbocycles. The molecule has 0 fully saturated rings.